The van der Waals surface area contributed by atoms with Gasteiger partial charge in [0.25, 0.3) is 5.56 Å². The zero-order valence-corrected chi connectivity index (χ0v) is 9.53. The molecule has 1 rings (SSSR count). The van der Waals surface area contributed by atoms with Crippen molar-refractivity contribution in [2.75, 3.05) is 11.5 Å². The normalized spacial score (nSPS) is 11.5. The lowest BCUT2D eigenvalue weighted by Crippen LogP contribution is -2.23. The number of hydrogen-bond acceptors (Lipinski definition) is 3. The third kappa shape index (κ3) is 3.87. The molecule has 0 saturated heterocycles. The minimum Gasteiger partial charge on any atom is -0.315 e. The van der Waals surface area contributed by atoms with Gasteiger partial charge in [-0.1, -0.05) is 13.0 Å². The van der Waals surface area contributed by atoms with Crippen LogP contribution in [-0.2, 0) is 16.4 Å². The van der Waals surface area contributed by atoms with Gasteiger partial charge in [-0.05, 0) is 12.5 Å². The van der Waals surface area contributed by atoms with E-state index in [1.54, 1.807) is 18.3 Å². The minimum atomic E-state index is -3.01. The van der Waals surface area contributed by atoms with Gasteiger partial charge in [-0.3, -0.25) is 4.79 Å². The zero-order valence-electron chi connectivity index (χ0n) is 8.72. The van der Waals surface area contributed by atoms with Crippen molar-refractivity contribution in [2.24, 2.45) is 0 Å². The summed E-state index contributed by atoms with van der Waals surface area (Å²) in [6, 6.07) is 4.78. The molecule has 1 heterocycles. The molecule has 0 aliphatic carbocycles. The lowest BCUT2D eigenvalue weighted by molar-refractivity contribution is 0.586. The van der Waals surface area contributed by atoms with Crippen molar-refractivity contribution in [1.29, 1.82) is 0 Å². The quantitative estimate of drug-likeness (QED) is 0.745. The van der Waals surface area contributed by atoms with Crippen LogP contribution in [0.3, 0.4) is 0 Å². The van der Waals surface area contributed by atoms with Crippen molar-refractivity contribution in [1.82, 2.24) is 4.57 Å². The molecule has 0 fully saturated rings. The van der Waals surface area contributed by atoms with E-state index in [1.165, 1.54) is 10.6 Å². The molecule has 0 saturated carbocycles. The Labute approximate surface area is 89.5 Å². The second kappa shape index (κ2) is 5.11. The maximum absolute atomic E-state index is 11.4. The van der Waals surface area contributed by atoms with Gasteiger partial charge >= 0.3 is 0 Å². The van der Waals surface area contributed by atoms with E-state index in [1.807, 2.05) is 6.92 Å². The van der Waals surface area contributed by atoms with Crippen LogP contribution in [0.1, 0.15) is 13.3 Å². The van der Waals surface area contributed by atoms with Gasteiger partial charge in [-0.15, -0.1) is 0 Å². The van der Waals surface area contributed by atoms with Crippen molar-refractivity contribution >= 4 is 9.84 Å². The first-order chi connectivity index (χ1) is 7.05. The Morgan fingerprint density at radius 3 is 2.60 bits per heavy atom. The molecule has 0 amide bonds. The van der Waals surface area contributed by atoms with Crippen LogP contribution < -0.4 is 5.56 Å². The third-order valence-corrected chi connectivity index (χ3v) is 3.89. The molecule has 0 aliphatic rings. The third-order valence-electron chi connectivity index (χ3n) is 2.06. The summed E-state index contributed by atoms with van der Waals surface area (Å²) in [7, 11) is -3.01. The van der Waals surface area contributed by atoms with Gasteiger partial charge in [0.15, 0.2) is 9.84 Å². The fourth-order valence-electron chi connectivity index (χ4n) is 1.30. The van der Waals surface area contributed by atoms with Gasteiger partial charge in [0, 0.05) is 24.6 Å². The largest absolute Gasteiger partial charge is 0.315 e. The molecule has 0 atom stereocenters. The summed E-state index contributed by atoms with van der Waals surface area (Å²) in [4.78, 5) is 11.3. The van der Waals surface area contributed by atoms with Crippen LogP contribution in [-0.4, -0.2) is 24.5 Å². The topological polar surface area (TPSA) is 56.1 Å². The molecule has 1 aromatic rings. The smallest absolute Gasteiger partial charge is 0.250 e. The average Bonchev–Trinajstić information content (AvgIpc) is 2.16. The standard InChI is InChI=1S/C10H15NO3S/c1-2-8-15(13,14)9-7-11-6-4-3-5-10(11)12/h3-6H,2,7-9H2,1H3. The van der Waals surface area contributed by atoms with Gasteiger partial charge in [-0.25, -0.2) is 8.42 Å². The number of pyridine rings is 1. The van der Waals surface area contributed by atoms with E-state index >= 15 is 0 Å². The Bertz CT molecular complexity index is 462. The van der Waals surface area contributed by atoms with E-state index in [9.17, 15) is 13.2 Å². The van der Waals surface area contributed by atoms with Gasteiger partial charge in [0.2, 0.25) is 0 Å². The summed E-state index contributed by atoms with van der Waals surface area (Å²) in [5, 5.41) is 0. The molecular weight excluding hydrogens is 214 g/mol. The first kappa shape index (κ1) is 12.0. The summed E-state index contributed by atoms with van der Waals surface area (Å²) in [5.41, 5.74) is -0.163. The molecule has 0 unspecified atom stereocenters. The van der Waals surface area contributed by atoms with Gasteiger partial charge in [-0.2, -0.15) is 0 Å². The highest BCUT2D eigenvalue weighted by atomic mass is 32.2. The molecule has 0 aliphatic heterocycles. The Kier molecular flexibility index (Phi) is 4.08. The molecule has 0 radical (unpaired) electrons. The van der Waals surface area contributed by atoms with E-state index in [0.717, 1.165) is 0 Å². The van der Waals surface area contributed by atoms with E-state index in [0.29, 0.717) is 6.42 Å². The van der Waals surface area contributed by atoms with Gasteiger partial charge < -0.3 is 4.57 Å². The second-order valence-corrected chi connectivity index (χ2v) is 5.69. The lowest BCUT2D eigenvalue weighted by atomic mass is 10.5. The number of hydrogen-bond donors (Lipinski definition) is 0. The van der Waals surface area contributed by atoms with Crippen LogP contribution in [0.15, 0.2) is 29.2 Å². The van der Waals surface area contributed by atoms with Crippen LogP contribution in [0.2, 0.25) is 0 Å². The summed E-state index contributed by atoms with van der Waals surface area (Å²) in [6.45, 7) is 2.06. The molecule has 4 nitrogen and oxygen atoms in total. The van der Waals surface area contributed by atoms with Crippen molar-refractivity contribution in [2.45, 2.75) is 19.9 Å². The predicted molar refractivity (Wildman–Crippen MR) is 59.6 cm³/mol. The number of aromatic nitrogens is 1. The van der Waals surface area contributed by atoms with E-state index in [-0.39, 0.29) is 23.6 Å². The monoisotopic (exact) mass is 229 g/mol. The van der Waals surface area contributed by atoms with Crippen molar-refractivity contribution in [3.63, 3.8) is 0 Å². The number of rotatable bonds is 5. The Balaban J connectivity index is 2.66. The Hall–Kier alpha value is -1.10. The Morgan fingerprint density at radius 1 is 1.27 bits per heavy atom. The van der Waals surface area contributed by atoms with Crippen molar-refractivity contribution in [3.05, 3.63) is 34.7 Å². The molecule has 84 valence electrons. The predicted octanol–water partition coefficient (Wildman–Crippen LogP) is 0.673. The molecular formula is C10H15NO3S. The molecule has 1 aromatic heterocycles. The second-order valence-electron chi connectivity index (χ2n) is 3.38. The van der Waals surface area contributed by atoms with Crippen molar-refractivity contribution in [3.8, 4) is 0 Å². The van der Waals surface area contributed by atoms with Crippen LogP contribution in [0, 0.1) is 0 Å². The Morgan fingerprint density at radius 2 is 2.00 bits per heavy atom. The molecule has 0 aromatic carbocycles. The summed E-state index contributed by atoms with van der Waals surface area (Å²) in [6.07, 6.45) is 2.22. The number of sulfone groups is 1. The fraction of sp³-hybridized carbons (Fsp3) is 0.500. The molecule has 0 bridgehead atoms. The maximum Gasteiger partial charge on any atom is 0.250 e. The van der Waals surface area contributed by atoms with E-state index < -0.39 is 9.84 Å². The molecule has 0 N–H and O–H groups in total. The van der Waals surface area contributed by atoms with Crippen LogP contribution in [0.25, 0.3) is 0 Å². The number of aryl methyl sites for hydroxylation is 1. The first-order valence-corrected chi connectivity index (χ1v) is 6.73. The minimum absolute atomic E-state index is 0.0325. The summed E-state index contributed by atoms with van der Waals surface area (Å²) >= 11 is 0. The molecule has 0 spiro atoms. The zero-order chi connectivity index (χ0) is 11.3. The summed E-state index contributed by atoms with van der Waals surface area (Å²) in [5.74, 6) is 0.222. The molecule has 5 heteroatoms. The van der Waals surface area contributed by atoms with Crippen LogP contribution in [0.5, 0.6) is 0 Å². The molecule has 15 heavy (non-hydrogen) atoms. The van der Waals surface area contributed by atoms with Crippen LogP contribution in [0.4, 0.5) is 0 Å². The highest BCUT2D eigenvalue weighted by Crippen LogP contribution is 1.95. The van der Waals surface area contributed by atoms with Crippen LogP contribution >= 0.6 is 0 Å². The average molecular weight is 229 g/mol. The summed E-state index contributed by atoms with van der Waals surface area (Å²) < 4.78 is 24.2. The highest BCUT2D eigenvalue weighted by molar-refractivity contribution is 7.91. The highest BCUT2D eigenvalue weighted by Gasteiger charge is 2.09. The van der Waals surface area contributed by atoms with E-state index in [4.69, 9.17) is 0 Å². The van der Waals surface area contributed by atoms with Gasteiger partial charge in [0.1, 0.15) is 0 Å². The van der Waals surface area contributed by atoms with E-state index in [2.05, 4.69) is 0 Å². The lowest BCUT2D eigenvalue weighted by Gasteiger charge is -2.05. The fourth-order valence-corrected chi connectivity index (χ4v) is 2.60. The number of nitrogens with zero attached hydrogens (tertiary/aromatic N) is 1. The van der Waals surface area contributed by atoms with Crippen molar-refractivity contribution < 1.29 is 8.42 Å². The SMILES string of the molecule is CCCS(=O)(=O)CCn1ccccc1=O. The first-order valence-electron chi connectivity index (χ1n) is 4.91. The maximum atomic E-state index is 11.4. The van der Waals surface area contributed by atoms with Gasteiger partial charge in [0.05, 0.1) is 5.75 Å².